The quantitative estimate of drug-likeness (QED) is 0.644. The van der Waals surface area contributed by atoms with E-state index in [0.29, 0.717) is 37.1 Å². The van der Waals surface area contributed by atoms with Crippen molar-refractivity contribution in [3.8, 4) is 0 Å². The van der Waals surface area contributed by atoms with Crippen LogP contribution in [0.15, 0.2) is 24.4 Å². The first-order chi connectivity index (χ1) is 13.6. The summed E-state index contributed by atoms with van der Waals surface area (Å²) < 4.78 is 5.58. The fraction of sp³-hybridized carbons (Fsp3) is 0.474. The first-order valence-corrected chi connectivity index (χ1v) is 9.67. The Kier molecular flexibility index (Phi) is 4.14. The van der Waals surface area contributed by atoms with Crippen molar-refractivity contribution >= 4 is 29.3 Å². The molecule has 3 aliphatic rings. The number of hydrogen-bond donors (Lipinski definition) is 3. The molecule has 9 heteroatoms. The zero-order valence-electron chi connectivity index (χ0n) is 15.4. The minimum absolute atomic E-state index is 0.00613. The number of amides is 2. The van der Waals surface area contributed by atoms with Crippen LogP contribution >= 0.6 is 0 Å². The average Bonchev–Trinajstić information content (AvgIpc) is 3.40. The molecule has 0 aromatic carbocycles. The third kappa shape index (κ3) is 3.28. The SMILES string of the molecule is O=C1NCC2CC(=O)N(C2)c2cc(ccn2)Nc2cc([nH]n2)[C@H]2CC[C@H](C2)O1. The van der Waals surface area contributed by atoms with Crippen molar-refractivity contribution < 1.29 is 14.3 Å². The number of pyridine rings is 1. The highest BCUT2D eigenvalue weighted by Gasteiger charge is 2.33. The molecule has 9 nitrogen and oxygen atoms in total. The summed E-state index contributed by atoms with van der Waals surface area (Å²) in [6, 6.07) is 5.69. The molecular weight excluding hydrogens is 360 g/mol. The Morgan fingerprint density at radius 1 is 1.21 bits per heavy atom. The standard InChI is InChI=1S/C19H22N6O3/c26-18-5-11-9-21-19(27)28-14-2-1-12(6-14)15-8-16(24-23-15)22-13-3-4-20-17(7-13)25(18)10-11/h3-4,7-8,11-12,14H,1-2,5-6,9-10H2,(H,21,27)(H2,22,23,24)/t11?,12-,14+/m0/s1. The van der Waals surface area contributed by atoms with Crippen molar-refractivity contribution in [3.05, 3.63) is 30.1 Å². The topological polar surface area (TPSA) is 112 Å². The zero-order valence-corrected chi connectivity index (χ0v) is 15.4. The molecule has 1 unspecified atom stereocenters. The lowest BCUT2D eigenvalue weighted by molar-refractivity contribution is -0.117. The van der Waals surface area contributed by atoms with Crippen LogP contribution < -0.4 is 15.5 Å². The van der Waals surface area contributed by atoms with E-state index in [1.54, 1.807) is 11.1 Å². The van der Waals surface area contributed by atoms with E-state index in [0.717, 1.165) is 30.6 Å². The summed E-state index contributed by atoms with van der Waals surface area (Å²) >= 11 is 0. The summed E-state index contributed by atoms with van der Waals surface area (Å²) in [7, 11) is 0. The second-order valence-electron chi connectivity index (χ2n) is 7.73. The fourth-order valence-corrected chi connectivity index (χ4v) is 4.29. The predicted molar refractivity (Wildman–Crippen MR) is 101 cm³/mol. The van der Waals surface area contributed by atoms with Crippen molar-refractivity contribution in [1.29, 1.82) is 0 Å². The normalized spacial score (nSPS) is 27.0. The maximum Gasteiger partial charge on any atom is 0.407 e. The molecule has 146 valence electrons. The van der Waals surface area contributed by atoms with Gasteiger partial charge in [-0.2, -0.15) is 5.10 Å². The molecule has 0 radical (unpaired) electrons. The van der Waals surface area contributed by atoms with Gasteiger partial charge in [-0.15, -0.1) is 0 Å². The molecular formula is C19H22N6O3. The Morgan fingerprint density at radius 2 is 2.14 bits per heavy atom. The second kappa shape index (κ2) is 6.81. The van der Waals surface area contributed by atoms with Crippen molar-refractivity contribution in [2.75, 3.05) is 23.3 Å². The van der Waals surface area contributed by atoms with Gasteiger partial charge in [0.05, 0.1) is 0 Å². The predicted octanol–water partition coefficient (Wildman–Crippen LogP) is 2.28. The van der Waals surface area contributed by atoms with Gasteiger partial charge in [0.15, 0.2) is 5.82 Å². The highest BCUT2D eigenvalue weighted by molar-refractivity contribution is 5.95. The molecule has 8 bridgehead atoms. The number of nitrogens with zero attached hydrogens (tertiary/aromatic N) is 3. The number of rotatable bonds is 0. The summed E-state index contributed by atoms with van der Waals surface area (Å²) in [4.78, 5) is 30.6. The van der Waals surface area contributed by atoms with E-state index in [-0.39, 0.29) is 17.9 Å². The summed E-state index contributed by atoms with van der Waals surface area (Å²) in [6.07, 6.45) is 4.12. The number of hydrogen-bond acceptors (Lipinski definition) is 6. The molecule has 1 saturated carbocycles. The number of carbonyl (C=O) groups excluding carboxylic acids is 2. The summed E-state index contributed by atoms with van der Waals surface area (Å²) in [5.74, 6) is 1.65. The smallest absolute Gasteiger partial charge is 0.407 e. The Morgan fingerprint density at radius 3 is 3.07 bits per heavy atom. The lowest BCUT2D eigenvalue weighted by Crippen LogP contribution is -2.33. The number of alkyl carbamates (subject to hydrolysis) is 1. The second-order valence-corrected chi connectivity index (χ2v) is 7.73. The molecule has 2 fully saturated rings. The maximum absolute atomic E-state index is 12.4. The minimum Gasteiger partial charge on any atom is -0.446 e. The van der Waals surface area contributed by atoms with E-state index in [4.69, 9.17) is 4.74 Å². The van der Waals surface area contributed by atoms with Gasteiger partial charge in [-0.1, -0.05) is 0 Å². The van der Waals surface area contributed by atoms with Crippen LogP contribution in [0.4, 0.5) is 22.1 Å². The van der Waals surface area contributed by atoms with Gasteiger partial charge in [-0.3, -0.25) is 14.8 Å². The summed E-state index contributed by atoms with van der Waals surface area (Å²) in [5.41, 5.74) is 1.86. The zero-order chi connectivity index (χ0) is 19.1. The molecule has 1 saturated heterocycles. The largest absolute Gasteiger partial charge is 0.446 e. The van der Waals surface area contributed by atoms with Crippen LogP contribution in [0.2, 0.25) is 0 Å². The third-order valence-electron chi connectivity index (χ3n) is 5.73. The van der Waals surface area contributed by atoms with E-state index < -0.39 is 6.09 Å². The van der Waals surface area contributed by atoms with Crippen molar-refractivity contribution in [3.63, 3.8) is 0 Å². The Hall–Kier alpha value is -3.10. The van der Waals surface area contributed by atoms with Crippen LogP contribution in [0.25, 0.3) is 0 Å². The van der Waals surface area contributed by atoms with Gasteiger partial charge >= 0.3 is 6.09 Å². The van der Waals surface area contributed by atoms with E-state index in [2.05, 4.69) is 25.8 Å². The molecule has 4 heterocycles. The monoisotopic (exact) mass is 382 g/mol. The highest BCUT2D eigenvalue weighted by Crippen LogP contribution is 2.36. The first-order valence-electron chi connectivity index (χ1n) is 9.67. The number of anilines is 3. The molecule has 1 aliphatic carbocycles. The molecule has 3 N–H and O–H groups in total. The highest BCUT2D eigenvalue weighted by atomic mass is 16.6. The fourth-order valence-electron chi connectivity index (χ4n) is 4.29. The van der Waals surface area contributed by atoms with Crippen LogP contribution in [0, 0.1) is 5.92 Å². The van der Waals surface area contributed by atoms with Gasteiger partial charge < -0.3 is 15.4 Å². The Bertz CT molecular complexity index is 913. The maximum atomic E-state index is 12.4. The van der Waals surface area contributed by atoms with Crippen LogP contribution in [-0.2, 0) is 9.53 Å². The molecule has 2 aliphatic heterocycles. The Labute approximate surface area is 161 Å². The number of aromatic nitrogens is 3. The Balaban J connectivity index is 1.45. The summed E-state index contributed by atoms with van der Waals surface area (Å²) in [5, 5.41) is 13.5. The third-order valence-corrected chi connectivity index (χ3v) is 5.73. The van der Waals surface area contributed by atoms with Crippen LogP contribution in [-0.4, -0.2) is 46.4 Å². The van der Waals surface area contributed by atoms with Gasteiger partial charge in [0.25, 0.3) is 0 Å². The van der Waals surface area contributed by atoms with Gasteiger partial charge in [0, 0.05) is 61.1 Å². The van der Waals surface area contributed by atoms with E-state index in [1.807, 2.05) is 18.2 Å². The number of aromatic amines is 1. The van der Waals surface area contributed by atoms with E-state index >= 15 is 0 Å². The first kappa shape index (κ1) is 17.0. The number of ether oxygens (including phenoxy) is 1. The van der Waals surface area contributed by atoms with Crippen molar-refractivity contribution in [2.45, 2.75) is 37.7 Å². The van der Waals surface area contributed by atoms with Gasteiger partial charge in [0.1, 0.15) is 11.9 Å². The van der Waals surface area contributed by atoms with E-state index in [9.17, 15) is 9.59 Å². The lowest BCUT2D eigenvalue weighted by atomic mass is 10.0. The molecule has 3 atom stereocenters. The van der Waals surface area contributed by atoms with Crippen molar-refractivity contribution in [1.82, 2.24) is 20.5 Å². The number of fused-ring (bicyclic) bond motifs is 10. The van der Waals surface area contributed by atoms with Crippen LogP contribution in [0.1, 0.15) is 37.3 Å². The molecule has 28 heavy (non-hydrogen) atoms. The molecule has 2 aromatic rings. The molecule has 5 rings (SSSR count). The minimum atomic E-state index is -0.409. The number of nitrogens with one attached hydrogen (secondary N) is 3. The van der Waals surface area contributed by atoms with Gasteiger partial charge in [-0.05, 0) is 25.3 Å². The van der Waals surface area contributed by atoms with E-state index in [1.165, 1.54) is 0 Å². The average molecular weight is 382 g/mol. The van der Waals surface area contributed by atoms with Gasteiger partial charge in [-0.25, -0.2) is 9.78 Å². The summed E-state index contributed by atoms with van der Waals surface area (Å²) in [6.45, 7) is 0.937. The molecule has 0 spiro atoms. The van der Waals surface area contributed by atoms with Crippen LogP contribution in [0.5, 0.6) is 0 Å². The lowest BCUT2D eigenvalue weighted by Gasteiger charge is -2.17. The number of H-pyrrole nitrogens is 1. The van der Waals surface area contributed by atoms with Crippen LogP contribution in [0.3, 0.4) is 0 Å². The van der Waals surface area contributed by atoms with Gasteiger partial charge in [0.2, 0.25) is 5.91 Å². The number of carbonyl (C=O) groups is 2. The molecule has 2 aromatic heterocycles. The molecule has 2 amide bonds. The van der Waals surface area contributed by atoms with Crippen molar-refractivity contribution in [2.24, 2.45) is 5.92 Å².